The molecule has 3 aliphatic rings. The molecule has 2 fully saturated rings. The fourth-order valence-corrected chi connectivity index (χ4v) is 5.62. The van der Waals surface area contributed by atoms with Gasteiger partial charge in [-0.15, -0.1) is 0 Å². The highest BCUT2D eigenvalue weighted by atomic mass is 32.2. The first-order chi connectivity index (χ1) is 17.5. The number of hydrogen-bond acceptors (Lipinski definition) is 9. The number of hydrogen-bond donors (Lipinski definition) is 0. The monoisotopic (exact) mass is 522 g/mol. The second kappa shape index (κ2) is 9.23. The molecule has 0 spiro atoms. The number of carbonyl (C=O) groups is 1. The van der Waals surface area contributed by atoms with Gasteiger partial charge < -0.3 is 19.1 Å². The van der Waals surface area contributed by atoms with E-state index in [-0.39, 0.29) is 18.3 Å². The molecule has 0 radical (unpaired) electrons. The maximum Gasteiger partial charge on any atom is 0.267 e. The molecule has 9 nitrogen and oxygen atoms in total. The van der Waals surface area contributed by atoms with E-state index >= 15 is 0 Å². The van der Waals surface area contributed by atoms with Gasteiger partial charge in [-0.25, -0.2) is 4.98 Å². The third kappa shape index (κ3) is 4.12. The van der Waals surface area contributed by atoms with Gasteiger partial charge in [0.1, 0.15) is 15.8 Å². The number of rotatable bonds is 4. The lowest BCUT2D eigenvalue weighted by atomic mass is 10.2. The molecule has 1 aromatic carbocycles. The Balaban J connectivity index is 1.38. The minimum Gasteiger partial charge on any atom is -0.454 e. The zero-order valence-electron chi connectivity index (χ0n) is 19.4. The Kier molecular flexibility index (Phi) is 5.90. The van der Waals surface area contributed by atoms with Crippen molar-refractivity contribution in [3.63, 3.8) is 0 Å². The number of aromatic nitrogens is 2. The molecule has 0 N–H and O–H groups in total. The maximum absolute atomic E-state index is 13.6. The molecule has 184 valence electrons. The maximum atomic E-state index is 13.6. The highest BCUT2D eigenvalue weighted by molar-refractivity contribution is 8.26. The number of benzene rings is 1. The van der Waals surface area contributed by atoms with E-state index in [4.69, 9.17) is 31.4 Å². The molecule has 36 heavy (non-hydrogen) atoms. The molecule has 0 bridgehead atoms. The predicted molar refractivity (Wildman–Crippen MR) is 141 cm³/mol. The van der Waals surface area contributed by atoms with Crippen molar-refractivity contribution < 1.29 is 19.0 Å². The smallest absolute Gasteiger partial charge is 0.267 e. The first-order valence-electron chi connectivity index (χ1n) is 11.5. The lowest BCUT2D eigenvalue weighted by Crippen LogP contribution is -2.38. The van der Waals surface area contributed by atoms with E-state index in [0.717, 1.165) is 11.1 Å². The highest BCUT2D eigenvalue weighted by Gasteiger charge is 2.33. The quantitative estimate of drug-likeness (QED) is 0.379. The first kappa shape index (κ1) is 23.0. The summed E-state index contributed by atoms with van der Waals surface area (Å²) in [4.78, 5) is 35.8. The largest absolute Gasteiger partial charge is 0.454 e. The van der Waals surface area contributed by atoms with Gasteiger partial charge in [0.15, 0.2) is 11.5 Å². The summed E-state index contributed by atoms with van der Waals surface area (Å²) in [7, 11) is 0. The summed E-state index contributed by atoms with van der Waals surface area (Å²) in [5.74, 6) is 1.63. The van der Waals surface area contributed by atoms with E-state index < -0.39 is 0 Å². The Morgan fingerprint density at radius 1 is 1.11 bits per heavy atom. The van der Waals surface area contributed by atoms with E-state index in [1.165, 1.54) is 21.1 Å². The van der Waals surface area contributed by atoms with Crippen LogP contribution in [0.4, 0.5) is 5.82 Å². The zero-order valence-corrected chi connectivity index (χ0v) is 21.1. The van der Waals surface area contributed by atoms with Gasteiger partial charge in [-0.05, 0) is 42.3 Å². The number of pyridine rings is 1. The van der Waals surface area contributed by atoms with Gasteiger partial charge >= 0.3 is 0 Å². The average molecular weight is 523 g/mol. The van der Waals surface area contributed by atoms with Crippen LogP contribution in [0.1, 0.15) is 16.7 Å². The van der Waals surface area contributed by atoms with Gasteiger partial charge in [-0.2, -0.15) is 0 Å². The second-order valence-corrected chi connectivity index (χ2v) is 10.3. The number of fused-ring (bicyclic) bond motifs is 2. The van der Waals surface area contributed by atoms with Crippen molar-refractivity contribution in [1.29, 1.82) is 0 Å². The number of ether oxygens (including phenoxy) is 3. The molecule has 5 heterocycles. The van der Waals surface area contributed by atoms with Crippen LogP contribution < -0.4 is 19.9 Å². The number of amides is 1. The van der Waals surface area contributed by atoms with E-state index in [9.17, 15) is 9.59 Å². The van der Waals surface area contributed by atoms with Gasteiger partial charge in [0.05, 0.1) is 30.2 Å². The van der Waals surface area contributed by atoms with Crippen LogP contribution in [0.2, 0.25) is 0 Å². The number of thioether (sulfide) groups is 1. The zero-order chi connectivity index (χ0) is 24.8. The summed E-state index contributed by atoms with van der Waals surface area (Å²) >= 11 is 6.73. The molecule has 0 aliphatic carbocycles. The van der Waals surface area contributed by atoms with Crippen molar-refractivity contribution in [2.45, 2.75) is 13.5 Å². The minimum atomic E-state index is -0.246. The molecule has 3 aliphatic heterocycles. The van der Waals surface area contributed by atoms with Crippen LogP contribution in [0.5, 0.6) is 11.5 Å². The number of nitrogens with zero attached hydrogens (tertiary/aromatic N) is 4. The summed E-state index contributed by atoms with van der Waals surface area (Å²) in [5.41, 5.74) is 2.50. The molecular weight excluding hydrogens is 500 g/mol. The average Bonchev–Trinajstić information content (AvgIpc) is 3.46. The first-order valence-corrected chi connectivity index (χ1v) is 12.7. The number of aryl methyl sites for hydroxylation is 1. The Morgan fingerprint density at radius 2 is 1.92 bits per heavy atom. The van der Waals surface area contributed by atoms with Crippen LogP contribution in [-0.4, -0.2) is 57.6 Å². The number of carbonyl (C=O) groups excluding carboxylic acids is 1. The predicted octanol–water partition coefficient (Wildman–Crippen LogP) is 2.97. The molecule has 3 aromatic rings. The molecular formula is C25H22N4O5S2. The molecule has 2 saturated heterocycles. The molecule has 6 rings (SSSR count). The number of thiocarbonyl (C=S) groups is 1. The lowest BCUT2D eigenvalue weighted by Gasteiger charge is -2.29. The minimum absolute atomic E-state index is 0.183. The lowest BCUT2D eigenvalue weighted by molar-refractivity contribution is -0.122. The van der Waals surface area contributed by atoms with Crippen molar-refractivity contribution in [3.8, 4) is 11.5 Å². The Bertz CT molecular complexity index is 1500. The fourth-order valence-electron chi connectivity index (χ4n) is 4.38. The van der Waals surface area contributed by atoms with Crippen LogP contribution in [0.3, 0.4) is 0 Å². The van der Waals surface area contributed by atoms with Crippen LogP contribution in [0.25, 0.3) is 11.7 Å². The fraction of sp³-hybridized carbons (Fsp3) is 0.280. The molecule has 0 atom stereocenters. The summed E-state index contributed by atoms with van der Waals surface area (Å²) in [6, 6.07) is 9.31. The van der Waals surface area contributed by atoms with Crippen molar-refractivity contribution in [2.75, 3.05) is 38.0 Å². The van der Waals surface area contributed by atoms with Gasteiger partial charge in [0.25, 0.3) is 11.5 Å². The molecule has 2 aromatic heterocycles. The van der Waals surface area contributed by atoms with Crippen LogP contribution >= 0.6 is 24.0 Å². The number of anilines is 1. The third-order valence-electron chi connectivity index (χ3n) is 6.22. The van der Waals surface area contributed by atoms with Crippen molar-refractivity contribution >= 4 is 51.7 Å². The van der Waals surface area contributed by atoms with Crippen molar-refractivity contribution in [1.82, 2.24) is 14.3 Å². The van der Waals surface area contributed by atoms with Gasteiger partial charge in [0.2, 0.25) is 6.79 Å². The van der Waals surface area contributed by atoms with Crippen molar-refractivity contribution in [3.05, 3.63) is 68.5 Å². The topological polar surface area (TPSA) is 85.6 Å². The third-order valence-corrected chi connectivity index (χ3v) is 7.60. The molecule has 0 unspecified atom stereocenters. The molecule has 1 amide bonds. The SMILES string of the molecule is Cc1ccc2nc(N3CCOCC3)c(C=C3SC(=S)N(Cc4ccc5c(c4)OCO5)C3=O)c(=O)n2c1. The van der Waals surface area contributed by atoms with Crippen molar-refractivity contribution in [2.24, 2.45) is 0 Å². The summed E-state index contributed by atoms with van der Waals surface area (Å²) in [5, 5.41) is 0. The van der Waals surface area contributed by atoms with E-state index in [2.05, 4.69) is 0 Å². The second-order valence-electron chi connectivity index (χ2n) is 8.64. The summed E-state index contributed by atoms with van der Waals surface area (Å²) < 4.78 is 18.3. The highest BCUT2D eigenvalue weighted by Crippen LogP contribution is 2.37. The Hall–Kier alpha value is -3.41. The van der Waals surface area contributed by atoms with Gasteiger partial charge in [0, 0.05) is 19.3 Å². The van der Waals surface area contributed by atoms with Gasteiger partial charge in [-0.1, -0.05) is 36.1 Å². The van der Waals surface area contributed by atoms with Gasteiger partial charge in [-0.3, -0.25) is 18.9 Å². The van der Waals surface area contributed by atoms with E-state index in [1.807, 2.05) is 42.2 Å². The Labute approximate surface area is 216 Å². The normalized spacial score (nSPS) is 18.6. The van der Waals surface area contributed by atoms with Crippen LogP contribution in [0.15, 0.2) is 46.2 Å². The molecule has 0 saturated carbocycles. The summed E-state index contributed by atoms with van der Waals surface area (Å²) in [6.07, 6.45) is 3.39. The Morgan fingerprint density at radius 3 is 2.75 bits per heavy atom. The number of morpholine rings is 1. The van der Waals surface area contributed by atoms with Crippen LogP contribution in [-0.2, 0) is 16.1 Å². The van der Waals surface area contributed by atoms with Crippen LogP contribution in [0, 0.1) is 6.92 Å². The molecule has 11 heteroatoms. The van der Waals surface area contributed by atoms with E-state index in [0.29, 0.717) is 70.6 Å². The standard InChI is InChI=1S/C25H22N4O5S2/c1-15-2-5-21-26-22(27-6-8-32-9-7-27)17(23(30)28(21)12-15)11-20-24(31)29(25(35)36-20)13-16-3-4-18-19(10-16)34-14-33-18/h2-5,10-12H,6-9,13-14H2,1H3. The van der Waals surface area contributed by atoms with E-state index in [1.54, 1.807) is 12.3 Å². The summed E-state index contributed by atoms with van der Waals surface area (Å²) in [6.45, 7) is 4.72.